The normalized spacial score (nSPS) is 13.1. The standard InChI is InChI=1S/C17H22N2O.ClH/c1-13-7-6-10-15(11-13)19(2)17(16(20)12-18)14-8-4-3-5-9-14;/h3-11,16-17,20H,12,18H2,1-2H3;1H. The van der Waals surface area contributed by atoms with E-state index >= 15 is 0 Å². The molecule has 0 saturated carbocycles. The van der Waals surface area contributed by atoms with Crippen LogP contribution in [-0.2, 0) is 0 Å². The number of hydrogen-bond donors (Lipinski definition) is 2. The van der Waals surface area contributed by atoms with Crippen molar-refractivity contribution in [1.29, 1.82) is 0 Å². The number of likely N-dealkylation sites (N-methyl/N-ethyl adjacent to an activating group) is 1. The average molecular weight is 307 g/mol. The lowest BCUT2D eigenvalue weighted by Gasteiger charge is -2.33. The first kappa shape index (κ1) is 17.5. The Morgan fingerprint density at radius 2 is 1.76 bits per heavy atom. The van der Waals surface area contributed by atoms with Gasteiger partial charge >= 0.3 is 0 Å². The number of hydrogen-bond acceptors (Lipinski definition) is 3. The van der Waals surface area contributed by atoms with Crippen molar-refractivity contribution in [2.75, 3.05) is 18.5 Å². The quantitative estimate of drug-likeness (QED) is 0.893. The molecule has 4 heteroatoms. The second kappa shape index (κ2) is 8.03. The Morgan fingerprint density at radius 1 is 1.10 bits per heavy atom. The third-order valence-corrected chi connectivity index (χ3v) is 3.57. The van der Waals surface area contributed by atoms with Gasteiger partial charge in [0.05, 0.1) is 12.1 Å². The lowest BCUT2D eigenvalue weighted by Crippen LogP contribution is -2.38. The highest BCUT2D eigenvalue weighted by Crippen LogP contribution is 2.28. The third-order valence-electron chi connectivity index (χ3n) is 3.57. The van der Waals surface area contributed by atoms with E-state index in [0.717, 1.165) is 11.3 Å². The summed E-state index contributed by atoms with van der Waals surface area (Å²) in [4.78, 5) is 2.08. The van der Waals surface area contributed by atoms with Crippen LogP contribution in [0.25, 0.3) is 0 Å². The van der Waals surface area contributed by atoms with Gasteiger partial charge in [0.15, 0.2) is 0 Å². The minimum Gasteiger partial charge on any atom is -0.389 e. The summed E-state index contributed by atoms with van der Waals surface area (Å²) in [7, 11) is 1.99. The maximum Gasteiger partial charge on any atom is 0.0907 e. The van der Waals surface area contributed by atoms with Crippen LogP contribution in [0.15, 0.2) is 54.6 Å². The van der Waals surface area contributed by atoms with E-state index in [1.165, 1.54) is 5.56 Å². The van der Waals surface area contributed by atoms with Crippen LogP contribution >= 0.6 is 12.4 Å². The highest BCUT2D eigenvalue weighted by Gasteiger charge is 2.24. The molecule has 0 amide bonds. The second-order valence-corrected chi connectivity index (χ2v) is 5.11. The number of anilines is 1. The first-order valence-electron chi connectivity index (χ1n) is 6.86. The number of aliphatic hydroxyl groups is 1. The first-order chi connectivity index (χ1) is 9.63. The first-order valence-corrected chi connectivity index (χ1v) is 6.86. The van der Waals surface area contributed by atoms with Crippen molar-refractivity contribution in [3.8, 4) is 0 Å². The number of aliphatic hydroxyl groups excluding tert-OH is 1. The molecule has 2 rings (SSSR count). The zero-order valence-corrected chi connectivity index (χ0v) is 13.3. The van der Waals surface area contributed by atoms with E-state index in [-0.39, 0.29) is 25.0 Å². The second-order valence-electron chi connectivity index (χ2n) is 5.11. The van der Waals surface area contributed by atoms with Crippen LogP contribution in [0.3, 0.4) is 0 Å². The van der Waals surface area contributed by atoms with Crippen LogP contribution in [0.2, 0.25) is 0 Å². The van der Waals surface area contributed by atoms with Gasteiger partial charge < -0.3 is 15.7 Å². The highest BCUT2D eigenvalue weighted by atomic mass is 35.5. The zero-order chi connectivity index (χ0) is 14.5. The largest absolute Gasteiger partial charge is 0.389 e. The summed E-state index contributed by atoms with van der Waals surface area (Å²) in [6.45, 7) is 2.30. The Kier molecular flexibility index (Phi) is 6.69. The number of aryl methyl sites for hydroxylation is 1. The van der Waals surface area contributed by atoms with Crippen molar-refractivity contribution in [3.05, 3.63) is 65.7 Å². The van der Waals surface area contributed by atoms with Gasteiger partial charge in [-0.2, -0.15) is 0 Å². The summed E-state index contributed by atoms with van der Waals surface area (Å²) in [6.07, 6.45) is -0.608. The molecular formula is C17H23ClN2O. The summed E-state index contributed by atoms with van der Waals surface area (Å²) >= 11 is 0. The Bertz CT molecular complexity index is 547. The van der Waals surface area contributed by atoms with Crippen molar-refractivity contribution >= 4 is 18.1 Å². The van der Waals surface area contributed by atoms with Crippen molar-refractivity contribution in [2.45, 2.75) is 19.1 Å². The van der Waals surface area contributed by atoms with Gasteiger partial charge in [-0.25, -0.2) is 0 Å². The maximum atomic E-state index is 10.3. The van der Waals surface area contributed by atoms with Crippen LogP contribution in [-0.4, -0.2) is 24.8 Å². The molecule has 2 aromatic carbocycles. The average Bonchev–Trinajstić information content (AvgIpc) is 2.48. The molecule has 0 spiro atoms. The van der Waals surface area contributed by atoms with Crippen molar-refractivity contribution in [1.82, 2.24) is 0 Å². The van der Waals surface area contributed by atoms with Crippen molar-refractivity contribution in [2.24, 2.45) is 5.73 Å². The van der Waals surface area contributed by atoms with Crippen molar-refractivity contribution in [3.63, 3.8) is 0 Å². The van der Waals surface area contributed by atoms with Gasteiger partial charge in [0.25, 0.3) is 0 Å². The molecule has 3 nitrogen and oxygen atoms in total. The fourth-order valence-corrected chi connectivity index (χ4v) is 2.49. The van der Waals surface area contributed by atoms with E-state index in [0.29, 0.717) is 0 Å². The monoisotopic (exact) mass is 306 g/mol. The molecule has 0 radical (unpaired) electrons. The van der Waals surface area contributed by atoms with Gasteiger partial charge in [0.1, 0.15) is 0 Å². The van der Waals surface area contributed by atoms with E-state index in [1.807, 2.05) is 49.5 Å². The van der Waals surface area contributed by atoms with Crippen LogP contribution in [0.4, 0.5) is 5.69 Å². The van der Waals surface area contributed by atoms with Gasteiger partial charge in [-0.1, -0.05) is 42.5 Å². The lowest BCUT2D eigenvalue weighted by atomic mass is 9.99. The molecular weight excluding hydrogens is 284 g/mol. The van der Waals surface area contributed by atoms with Crippen LogP contribution in [0.5, 0.6) is 0 Å². The molecule has 21 heavy (non-hydrogen) atoms. The molecule has 0 heterocycles. The Balaban J connectivity index is 0.00000220. The molecule has 0 fully saturated rings. The van der Waals surface area contributed by atoms with Crippen molar-refractivity contribution < 1.29 is 5.11 Å². The van der Waals surface area contributed by atoms with Crippen LogP contribution < -0.4 is 10.6 Å². The minimum atomic E-state index is -0.608. The summed E-state index contributed by atoms with van der Waals surface area (Å²) < 4.78 is 0. The number of halogens is 1. The fourth-order valence-electron chi connectivity index (χ4n) is 2.49. The van der Waals surface area contributed by atoms with Crippen LogP contribution in [0.1, 0.15) is 17.2 Å². The van der Waals surface area contributed by atoms with E-state index in [9.17, 15) is 5.11 Å². The molecule has 2 unspecified atom stereocenters. The highest BCUT2D eigenvalue weighted by molar-refractivity contribution is 5.85. The number of rotatable bonds is 5. The predicted octanol–water partition coefficient (Wildman–Crippen LogP) is 2.91. The van der Waals surface area contributed by atoms with Gasteiger partial charge in [0, 0.05) is 19.3 Å². The SMILES string of the molecule is Cc1cccc(N(C)C(c2ccccc2)C(O)CN)c1.Cl. The predicted molar refractivity (Wildman–Crippen MR) is 91.1 cm³/mol. The summed E-state index contributed by atoms with van der Waals surface area (Å²) in [6, 6.07) is 18.1. The van der Waals surface area contributed by atoms with Gasteiger partial charge in [-0.15, -0.1) is 12.4 Å². The lowest BCUT2D eigenvalue weighted by molar-refractivity contribution is 0.150. The molecule has 114 valence electrons. The zero-order valence-electron chi connectivity index (χ0n) is 12.4. The Labute approximate surface area is 132 Å². The van der Waals surface area contributed by atoms with Gasteiger partial charge in [-0.3, -0.25) is 0 Å². The topological polar surface area (TPSA) is 49.5 Å². The van der Waals surface area contributed by atoms with Gasteiger partial charge in [-0.05, 0) is 30.2 Å². The number of benzene rings is 2. The number of nitrogens with two attached hydrogens (primary N) is 1. The van der Waals surface area contributed by atoms with E-state index < -0.39 is 6.10 Å². The van der Waals surface area contributed by atoms with E-state index in [1.54, 1.807) is 0 Å². The molecule has 0 bridgehead atoms. The van der Waals surface area contributed by atoms with Crippen LogP contribution in [0, 0.1) is 6.92 Å². The molecule has 0 aromatic heterocycles. The summed E-state index contributed by atoms with van der Waals surface area (Å²) in [5.41, 5.74) is 9.02. The smallest absolute Gasteiger partial charge is 0.0907 e. The molecule has 0 aliphatic rings. The van der Waals surface area contributed by atoms with E-state index in [2.05, 4.69) is 24.0 Å². The summed E-state index contributed by atoms with van der Waals surface area (Å²) in [5.74, 6) is 0. The maximum absolute atomic E-state index is 10.3. The van der Waals surface area contributed by atoms with E-state index in [4.69, 9.17) is 5.73 Å². The Morgan fingerprint density at radius 3 is 2.33 bits per heavy atom. The molecule has 2 aromatic rings. The molecule has 2 atom stereocenters. The number of nitrogens with zero attached hydrogens (tertiary/aromatic N) is 1. The Hall–Kier alpha value is -1.55. The molecule has 0 saturated heterocycles. The minimum absolute atomic E-state index is 0. The molecule has 3 N–H and O–H groups in total. The fraction of sp³-hybridized carbons (Fsp3) is 0.294. The third kappa shape index (κ3) is 4.21. The molecule has 0 aliphatic carbocycles. The van der Waals surface area contributed by atoms with Gasteiger partial charge in [0.2, 0.25) is 0 Å². The molecule has 0 aliphatic heterocycles. The summed E-state index contributed by atoms with van der Waals surface area (Å²) in [5, 5.41) is 10.3.